The zero-order chi connectivity index (χ0) is 14.1. The van der Waals surface area contributed by atoms with E-state index in [1.54, 1.807) is 5.38 Å². The lowest BCUT2D eigenvalue weighted by Gasteiger charge is -2.32. The summed E-state index contributed by atoms with van der Waals surface area (Å²) < 4.78 is 0. The molecule has 0 spiro atoms. The zero-order valence-electron chi connectivity index (χ0n) is 11.4. The number of amides is 1. The smallest absolute Gasteiger partial charge is 0.277 e. The minimum absolute atomic E-state index is 0.0275. The summed E-state index contributed by atoms with van der Waals surface area (Å²) in [7, 11) is 0. The minimum Gasteiger partial charge on any atom is -0.325 e. The molecule has 1 aromatic heterocycles. The lowest BCUT2D eigenvalue weighted by molar-refractivity contribution is 0.0980. The van der Waals surface area contributed by atoms with Crippen molar-refractivity contribution in [3.63, 3.8) is 0 Å². The monoisotopic (exact) mass is 287 g/mol. The number of nitrogens with zero attached hydrogens (tertiary/aromatic N) is 2. The van der Waals surface area contributed by atoms with Gasteiger partial charge in [0.25, 0.3) is 5.91 Å². The molecule has 1 atom stereocenters. The first-order valence-corrected chi connectivity index (χ1v) is 7.64. The molecule has 0 saturated carbocycles. The molecule has 2 aromatic rings. The number of benzene rings is 1. The van der Waals surface area contributed by atoms with Crippen LogP contribution in [0.3, 0.4) is 0 Å². The maximum absolute atomic E-state index is 12.6. The number of carbonyl (C=O) groups is 1. The lowest BCUT2D eigenvalue weighted by atomic mass is 9.91. The molecule has 1 aromatic carbocycles. The maximum Gasteiger partial charge on any atom is 0.277 e. The number of nitrogens with two attached hydrogens (primary N) is 1. The van der Waals surface area contributed by atoms with Gasteiger partial charge in [-0.2, -0.15) is 0 Å². The van der Waals surface area contributed by atoms with Gasteiger partial charge in [0.2, 0.25) is 0 Å². The number of rotatable bonds is 2. The van der Waals surface area contributed by atoms with Crippen LogP contribution in [0.4, 0.5) is 5.69 Å². The highest BCUT2D eigenvalue weighted by molar-refractivity contribution is 7.09. The summed E-state index contributed by atoms with van der Waals surface area (Å²) in [6.07, 6.45) is 0.983. The number of thiazole rings is 1. The topological polar surface area (TPSA) is 59.2 Å². The molecule has 0 fully saturated rings. The molecule has 1 aliphatic heterocycles. The van der Waals surface area contributed by atoms with E-state index in [0.29, 0.717) is 18.2 Å². The molecular weight excluding hydrogens is 270 g/mol. The summed E-state index contributed by atoms with van der Waals surface area (Å²) in [6, 6.07) is 8.12. The number of hydrogen-bond donors (Lipinski definition) is 1. The molecule has 0 saturated heterocycles. The second kappa shape index (κ2) is 5.34. The highest BCUT2D eigenvalue weighted by atomic mass is 32.1. The quantitative estimate of drug-likeness (QED) is 0.924. The average Bonchev–Trinajstić information content (AvgIpc) is 2.96. The first-order chi connectivity index (χ1) is 9.70. The van der Waals surface area contributed by atoms with Gasteiger partial charge in [0.05, 0.1) is 0 Å². The minimum atomic E-state index is -0.0275. The number of para-hydroxylation sites is 1. The van der Waals surface area contributed by atoms with E-state index in [9.17, 15) is 4.79 Å². The highest BCUT2D eigenvalue weighted by Gasteiger charge is 2.27. The van der Waals surface area contributed by atoms with Crippen molar-refractivity contribution in [2.45, 2.75) is 25.8 Å². The third kappa shape index (κ3) is 2.23. The van der Waals surface area contributed by atoms with Crippen LogP contribution >= 0.6 is 11.3 Å². The van der Waals surface area contributed by atoms with E-state index in [2.05, 4.69) is 18.0 Å². The van der Waals surface area contributed by atoms with Crippen LogP contribution in [0.2, 0.25) is 0 Å². The second-order valence-corrected chi connectivity index (χ2v) is 5.98. The van der Waals surface area contributed by atoms with Crippen molar-refractivity contribution in [1.82, 2.24) is 4.98 Å². The summed E-state index contributed by atoms with van der Waals surface area (Å²) in [5.41, 5.74) is 8.31. The standard InChI is InChI=1S/C15H17N3OS/c1-10-6-7-18(13-5-3-2-4-11(10)13)15(19)12-9-20-14(8-16)17-12/h2-5,9-10H,6-8,16H2,1H3. The zero-order valence-corrected chi connectivity index (χ0v) is 12.2. The predicted molar refractivity (Wildman–Crippen MR) is 81.2 cm³/mol. The van der Waals surface area contributed by atoms with Gasteiger partial charge in [0, 0.05) is 24.2 Å². The van der Waals surface area contributed by atoms with E-state index in [0.717, 1.165) is 23.7 Å². The summed E-state index contributed by atoms with van der Waals surface area (Å²) >= 11 is 1.44. The van der Waals surface area contributed by atoms with Crippen LogP contribution in [0.5, 0.6) is 0 Å². The summed E-state index contributed by atoms with van der Waals surface area (Å²) in [4.78, 5) is 18.8. The van der Waals surface area contributed by atoms with Gasteiger partial charge in [0.1, 0.15) is 10.7 Å². The van der Waals surface area contributed by atoms with Crippen molar-refractivity contribution in [1.29, 1.82) is 0 Å². The number of hydrogen-bond acceptors (Lipinski definition) is 4. The van der Waals surface area contributed by atoms with E-state index in [1.165, 1.54) is 16.9 Å². The van der Waals surface area contributed by atoms with Gasteiger partial charge < -0.3 is 10.6 Å². The van der Waals surface area contributed by atoms with Crippen LogP contribution in [0, 0.1) is 0 Å². The Morgan fingerprint density at radius 1 is 1.50 bits per heavy atom. The molecule has 0 bridgehead atoms. The Morgan fingerprint density at radius 3 is 3.05 bits per heavy atom. The number of carbonyl (C=O) groups excluding carboxylic acids is 1. The van der Waals surface area contributed by atoms with Crippen molar-refractivity contribution < 1.29 is 4.79 Å². The molecule has 5 heteroatoms. The summed E-state index contributed by atoms with van der Waals surface area (Å²) in [5.74, 6) is 0.464. The fraction of sp³-hybridized carbons (Fsp3) is 0.333. The van der Waals surface area contributed by atoms with Gasteiger partial charge in [-0.3, -0.25) is 4.79 Å². The second-order valence-electron chi connectivity index (χ2n) is 5.04. The van der Waals surface area contributed by atoms with Crippen LogP contribution in [0.25, 0.3) is 0 Å². The Kier molecular flexibility index (Phi) is 3.54. The fourth-order valence-electron chi connectivity index (χ4n) is 2.60. The molecule has 0 aliphatic carbocycles. The Labute approximate surface area is 122 Å². The molecule has 3 rings (SSSR count). The normalized spacial score (nSPS) is 17.9. The molecule has 2 N–H and O–H groups in total. The Bertz CT molecular complexity index is 638. The largest absolute Gasteiger partial charge is 0.325 e. The number of aromatic nitrogens is 1. The third-order valence-electron chi connectivity index (χ3n) is 3.73. The van der Waals surface area contributed by atoms with Crippen LogP contribution in [-0.2, 0) is 6.54 Å². The van der Waals surface area contributed by atoms with E-state index in [1.807, 2.05) is 23.1 Å². The molecule has 4 nitrogen and oxygen atoms in total. The number of anilines is 1. The van der Waals surface area contributed by atoms with Crippen molar-refractivity contribution in [2.75, 3.05) is 11.4 Å². The average molecular weight is 287 g/mol. The highest BCUT2D eigenvalue weighted by Crippen LogP contribution is 2.35. The van der Waals surface area contributed by atoms with E-state index in [-0.39, 0.29) is 5.91 Å². The van der Waals surface area contributed by atoms with Gasteiger partial charge >= 0.3 is 0 Å². The molecule has 0 radical (unpaired) electrons. The predicted octanol–water partition coefficient (Wildman–Crippen LogP) is 2.76. The Balaban J connectivity index is 1.95. The van der Waals surface area contributed by atoms with Crippen LogP contribution in [-0.4, -0.2) is 17.4 Å². The van der Waals surface area contributed by atoms with Crippen molar-refractivity contribution in [2.24, 2.45) is 5.73 Å². The summed E-state index contributed by atoms with van der Waals surface area (Å²) in [5, 5.41) is 2.59. The SMILES string of the molecule is CC1CCN(C(=O)c2csc(CN)n2)c2ccccc21. The van der Waals surface area contributed by atoms with Gasteiger partial charge in [0.15, 0.2) is 0 Å². The van der Waals surface area contributed by atoms with Gasteiger partial charge in [-0.15, -0.1) is 11.3 Å². The maximum atomic E-state index is 12.6. The molecule has 1 amide bonds. The van der Waals surface area contributed by atoms with Gasteiger partial charge in [-0.05, 0) is 24.0 Å². The Hall–Kier alpha value is -1.72. The van der Waals surface area contributed by atoms with Crippen LogP contribution < -0.4 is 10.6 Å². The first-order valence-electron chi connectivity index (χ1n) is 6.76. The number of fused-ring (bicyclic) bond motifs is 1. The van der Waals surface area contributed by atoms with Gasteiger partial charge in [-0.1, -0.05) is 25.1 Å². The van der Waals surface area contributed by atoms with Crippen LogP contribution in [0.15, 0.2) is 29.6 Å². The molecule has 20 heavy (non-hydrogen) atoms. The first kappa shape index (κ1) is 13.3. The molecule has 2 heterocycles. The fourth-order valence-corrected chi connectivity index (χ4v) is 3.25. The van der Waals surface area contributed by atoms with E-state index >= 15 is 0 Å². The molecule has 1 unspecified atom stereocenters. The molecular formula is C15H17N3OS. The van der Waals surface area contributed by atoms with E-state index in [4.69, 9.17) is 5.73 Å². The Morgan fingerprint density at radius 2 is 2.30 bits per heavy atom. The van der Waals surface area contributed by atoms with Gasteiger partial charge in [-0.25, -0.2) is 4.98 Å². The van der Waals surface area contributed by atoms with Crippen molar-refractivity contribution >= 4 is 22.9 Å². The molecule has 1 aliphatic rings. The molecule has 104 valence electrons. The van der Waals surface area contributed by atoms with Crippen molar-refractivity contribution in [3.8, 4) is 0 Å². The summed E-state index contributed by atoms with van der Waals surface area (Å²) in [6.45, 7) is 3.33. The van der Waals surface area contributed by atoms with E-state index < -0.39 is 0 Å². The third-order valence-corrected chi connectivity index (χ3v) is 4.61. The van der Waals surface area contributed by atoms with Crippen molar-refractivity contribution in [3.05, 3.63) is 45.9 Å². The lowest BCUT2D eigenvalue weighted by Crippen LogP contribution is -2.36. The van der Waals surface area contributed by atoms with Crippen LogP contribution in [0.1, 0.15) is 40.3 Å².